The summed E-state index contributed by atoms with van der Waals surface area (Å²) in [7, 11) is 0. The Morgan fingerprint density at radius 2 is 1.79 bits per heavy atom. The molecule has 1 fully saturated rings. The quantitative estimate of drug-likeness (QED) is 0.704. The summed E-state index contributed by atoms with van der Waals surface area (Å²) in [6.45, 7) is 3.53. The van der Waals surface area contributed by atoms with E-state index in [-0.39, 0.29) is 5.91 Å². The number of carbonyl (C=O) groups excluding carboxylic acids is 2. The van der Waals surface area contributed by atoms with Gasteiger partial charge in [0.05, 0.1) is 11.4 Å². The van der Waals surface area contributed by atoms with E-state index < -0.39 is 12.0 Å². The SMILES string of the molecule is CC(Oc1ccc(Br)cc1)C(=O)Nc1cc(C(N)=O)ccc1N1CCCCC1. The summed E-state index contributed by atoms with van der Waals surface area (Å²) in [6, 6.07) is 12.5. The van der Waals surface area contributed by atoms with Gasteiger partial charge in [-0.25, -0.2) is 0 Å². The van der Waals surface area contributed by atoms with Gasteiger partial charge in [-0.05, 0) is 68.7 Å². The zero-order valence-corrected chi connectivity index (χ0v) is 17.4. The molecule has 0 aliphatic carbocycles. The fourth-order valence-electron chi connectivity index (χ4n) is 3.21. The van der Waals surface area contributed by atoms with Gasteiger partial charge in [0.1, 0.15) is 5.75 Å². The number of nitrogens with one attached hydrogen (secondary N) is 1. The lowest BCUT2D eigenvalue weighted by Crippen LogP contribution is -2.33. The number of halogens is 1. The highest BCUT2D eigenvalue weighted by Crippen LogP contribution is 2.30. The molecule has 3 rings (SSSR count). The van der Waals surface area contributed by atoms with Crippen molar-refractivity contribution in [1.29, 1.82) is 0 Å². The lowest BCUT2D eigenvalue weighted by Gasteiger charge is -2.31. The van der Waals surface area contributed by atoms with Gasteiger partial charge in [0, 0.05) is 23.1 Å². The third kappa shape index (κ3) is 5.04. The number of rotatable bonds is 6. The molecule has 1 heterocycles. The Morgan fingerprint density at radius 3 is 2.43 bits per heavy atom. The molecule has 0 radical (unpaired) electrons. The first kappa shape index (κ1) is 20.2. The van der Waals surface area contributed by atoms with E-state index in [1.165, 1.54) is 6.42 Å². The number of anilines is 2. The first-order chi connectivity index (χ1) is 13.4. The third-order valence-electron chi connectivity index (χ3n) is 4.73. The predicted molar refractivity (Wildman–Crippen MR) is 114 cm³/mol. The minimum atomic E-state index is -0.701. The van der Waals surface area contributed by atoms with Crippen molar-refractivity contribution in [3.63, 3.8) is 0 Å². The highest BCUT2D eigenvalue weighted by Gasteiger charge is 2.20. The summed E-state index contributed by atoms with van der Waals surface area (Å²) < 4.78 is 6.66. The second kappa shape index (κ2) is 9.10. The summed E-state index contributed by atoms with van der Waals surface area (Å²) in [5, 5.41) is 2.91. The topological polar surface area (TPSA) is 84.7 Å². The fourth-order valence-corrected chi connectivity index (χ4v) is 3.47. The maximum absolute atomic E-state index is 12.7. The Kier molecular flexibility index (Phi) is 6.57. The minimum absolute atomic E-state index is 0.289. The van der Waals surface area contributed by atoms with Crippen LogP contribution in [0.5, 0.6) is 5.75 Å². The van der Waals surface area contributed by atoms with Gasteiger partial charge in [0.25, 0.3) is 5.91 Å². The van der Waals surface area contributed by atoms with Crippen molar-refractivity contribution in [3.8, 4) is 5.75 Å². The molecule has 148 valence electrons. The fraction of sp³-hybridized carbons (Fsp3) is 0.333. The van der Waals surface area contributed by atoms with Gasteiger partial charge in [-0.1, -0.05) is 15.9 Å². The zero-order valence-electron chi connectivity index (χ0n) is 15.8. The number of nitrogens with two attached hydrogens (primary N) is 1. The number of ether oxygens (including phenoxy) is 1. The van der Waals surface area contributed by atoms with Crippen molar-refractivity contribution in [2.45, 2.75) is 32.3 Å². The van der Waals surface area contributed by atoms with E-state index >= 15 is 0 Å². The molecule has 0 bridgehead atoms. The van der Waals surface area contributed by atoms with Crippen molar-refractivity contribution in [2.24, 2.45) is 5.73 Å². The summed E-state index contributed by atoms with van der Waals surface area (Å²) in [6.07, 6.45) is 2.71. The van der Waals surface area contributed by atoms with Crippen molar-refractivity contribution >= 4 is 39.1 Å². The van der Waals surface area contributed by atoms with Gasteiger partial charge in [-0.3, -0.25) is 9.59 Å². The minimum Gasteiger partial charge on any atom is -0.481 e. The molecule has 3 N–H and O–H groups in total. The van der Waals surface area contributed by atoms with E-state index in [9.17, 15) is 9.59 Å². The van der Waals surface area contributed by atoms with Gasteiger partial charge < -0.3 is 20.7 Å². The van der Waals surface area contributed by atoms with Gasteiger partial charge >= 0.3 is 0 Å². The lowest BCUT2D eigenvalue weighted by molar-refractivity contribution is -0.122. The highest BCUT2D eigenvalue weighted by molar-refractivity contribution is 9.10. The molecule has 1 unspecified atom stereocenters. The van der Waals surface area contributed by atoms with Gasteiger partial charge in [0.15, 0.2) is 6.10 Å². The van der Waals surface area contributed by atoms with Crippen LogP contribution in [0.2, 0.25) is 0 Å². The molecule has 1 atom stereocenters. The van der Waals surface area contributed by atoms with Crippen LogP contribution in [-0.4, -0.2) is 31.0 Å². The van der Waals surface area contributed by atoms with Crippen LogP contribution >= 0.6 is 15.9 Å². The molecule has 1 saturated heterocycles. The van der Waals surface area contributed by atoms with Crippen LogP contribution < -0.4 is 20.7 Å². The molecule has 1 aliphatic rings. The Labute approximate surface area is 173 Å². The number of benzene rings is 2. The molecule has 7 heteroatoms. The first-order valence-corrected chi connectivity index (χ1v) is 10.2. The van der Waals surface area contributed by atoms with Crippen molar-refractivity contribution in [2.75, 3.05) is 23.3 Å². The zero-order chi connectivity index (χ0) is 20.1. The van der Waals surface area contributed by atoms with Gasteiger partial charge in [0.2, 0.25) is 5.91 Å². The number of carbonyl (C=O) groups is 2. The largest absolute Gasteiger partial charge is 0.481 e. The molecule has 0 spiro atoms. The third-order valence-corrected chi connectivity index (χ3v) is 5.26. The standard InChI is InChI=1S/C21H24BrN3O3/c1-14(28-17-8-6-16(22)7-9-17)21(27)24-18-13-15(20(23)26)5-10-19(18)25-11-3-2-4-12-25/h5-10,13-14H,2-4,11-12H2,1H3,(H2,23,26)(H,24,27). The van der Waals surface area contributed by atoms with Gasteiger partial charge in [-0.2, -0.15) is 0 Å². The molecule has 0 aromatic heterocycles. The van der Waals surface area contributed by atoms with Crippen LogP contribution in [-0.2, 0) is 4.79 Å². The summed E-state index contributed by atoms with van der Waals surface area (Å²) in [4.78, 5) is 26.5. The van der Waals surface area contributed by atoms with Crippen LogP contribution in [0.3, 0.4) is 0 Å². The first-order valence-electron chi connectivity index (χ1n) is 9.36. The summed E-state index contributed by atoms with van der Waals surface area (Å²) in [5.74, 6) is -0.212. The molecular formula is C21H24BrN3O3. The number of primary amides is 1. The van der Waals surface area contributed by atoms with Gasteiger partial charge in [-0.15, -0.1) is 0 Å². The van der Waals surface area contributed by atoms with Crippen LogP contribution in [0.4, 0.5) is 11.4 Å². The average molecular weight is 446 g/mol. The molecule has 1 aliphatic heterocycles. The van der Waals surface area contributed by atoms with Crippen LogP contribution in [0.1, 0.15) is 36.5 Å². The molecule has 2 aromatic rings. The number of hydrogen-bond donors (Lipinski definition) is 2. The second-order valence-electron chi connectivity index (χ2n) is 6.85. The van der Waals surface area contributed by atoms with Crippen molar-refractivity contribution in [1.82, 2.24) is 0 Å². The van der Waals surface area contributed by atoms with Crippen molar-refractivity contribution in [3.05, 3.63) is 52.5 Å². The Bertz CT molecular complexity index is 848. The molecule has 0 saturated carbocycles. The number of piperidine rings is 1. The van der Waals surface area contributed by atoms with E-state index in [4.69, 9.17) is 10.5 Å². The molecular weight excluding hydrogens is 422 g/mol. The monoisotopic (exact) mass is 445 g/mol. The van der Waals surface area contributed by atoms with Crippen molar-refractivity contribution < 1.29 is 14.3 Å². The Balaban J connectivity index is 1.78. The maximum Gasteiger partial charge on any atom is 0.265 e. The maximum atomic E-state index is 12.7. The smallest absolute Gasteiger partial charge is 0.265 e. The van der Waals surface area contributed by atoms with Crippen LogP contribution in [0.15, 0.2) is 46.9 Å². The lowest BCUT2D eigenvalue weighted by atomic mass is 10.1. The van der Waals surface area contributed by atoms with E-state index in [0.29, 0.717) is 17.0 Å². The average Bonchev–Trinajstić information content (AvgIpc) is 2.70. The second-order valence-corrected chi connectivity index (χ2v) is 7.76. The Morgan fingerprint density at radius 1 is 1.11 bits per heavy atom. The van der Waals surface area contributed by atoms with E-state index in [1.54, 1.807) is 31.2 Å². The number of amides is 2. The van der Waals surface area contributed by atoms with Crippen LogP contribution in [0, 0.1) is 0 Å². The van der Waals surface area contributed by atoms with E-state index in [1.807, 2.05) is 18.2 Å². The molecule has 2 amide bonds. The summed E-state index contributed by atoms with van der Waals surface area (Å²) in [5.41, 5.74) is 7.26. The number of hydrogen-bond acceptors (Lipinski definition) is 4. The van der Waals surface area contributed by atoms with E-state index in [0.717, 1.165) is 36.1 Å². The normalized spacial score (nSPS) is 15.0. The molecule has 28 heavy (non-hydrogen) atoms. The predicted octanol–water partition coefficient (Wildman–Crippen LogP) is 3.94. The summed E-state index contributed by atoms with van der Waals surface area (Å²) >= 11 is 3.37. The highest BCUT2D eigenvalue weighted by atomic mass is 79.9. The Hall–Kier alpha value is -2.54. The molecule has 2 aromatic carbocycles. The van der Waals surface area contributed by atoms with E-state index in [2.05, 4.69) is 26.1 Å². The molecule has 6 nitrogen and oxygen atoms in total. The number of nitrogens with zero attached hydrogens (tertiary/aromatic N) is 1. The van der Waals surface area contributed by atoms with Crippen LogP contribution in [0.25, 0.3) is 0 Å².